The van der Waals surface area contributed by atoms with E-state index in [2.05, 4.69) is 22.5 Å². The summed E-state index contributed by atoms with van der Waals surface area (Å²) >= 11 is 6.35. The highest BCUT2D eigenvalue weighted by molar-refractivity contribution is 6.32. The standard InChI is InChI=1S/C29H27ClN4O3/c1-18(13-14-19-9-5-4-6-10-19)31-28(35)26-25-21-11-7-8-12-23(21)33(2)27(25)29(36)34(32-26)20-15-16-24(37-3)22(30)17-20/h4-12,15-18H,13-14H2,1-3H3,(H,31,35)/t18-/m0/s1. The molecule has 8 heteroatoms. The number of methoxy groups -OCH3 is 1. The first kappa shape index (κ1) is 24.6. The SMILES string of the molecule is COc1ccc(-n2nc(C(=O)N[C@@H](C)CCc3ccccc3)c3c4ccccc4n(C)c3c2=O)cc1Cl. The van der Waals surface area contributed by atoms with Gasteiger partial charge in [0, 0.05) is 29.4 Å². The van der Waals surface area contributed by atoms with Gasteiger partial charge in [-0.2, -0.15) is 9.78 Å². The van der Waals surface area contributed by atoms with Crippen LogP contribution >= 0.6 is 11.6 Å². The Morgan fingerprint density at radius 3 is 2.54 bits per heavy atom. The highest BCUT2D eigenvalue weighted by Crippen LogP contribution is 2.30. The number of carbonyl (C=O) groups excluding carboxylic acids is 1. The van der Waals surface area contributed by atoms with E-state index in [1.54, 1.807) is 18.2 Å². The number of halogens is 1. The highest BCUT2D eigenvalue weighted by atomic mass is 35.5. The molecule has 0 saturated heterocycles. The number of benzene rings is 3. The van der Waals surface area contributed by atoms with Crippen LogP contribution < -0.4 is 15.6 Å². The van der Waals surface area contributed by atoms with Gasteiger partial charge in [0.2, 0.25) is 0 Å². The van der Waals surface area contributed by atoms with Gasteiger partial charge in [0.05, 0.1) is 17.8 Å². The van der Waals surface area contributed by atoms with Crippen LogP contribution in [0.4, 0.5) is 0 Å². The van der Waals surface area contributed by atoms with Crippen molar-refractivity contribution < 1.29 is 9.53 Å². The van der Waals surface area contributed by atoms with E-state index in [1.807, 2.05) is 61.0 Å². The summed E-state index contributed by atoms with van der Waals surface area (Å²) in [5.41, 5.74) is 2.73. The summed E-state index contributed by atoms with van der Waals surface area (Å²) in [5, 5.41) is 9.34. The summed E-state index contributed by atoms with van der Waals surface area (Å²) in [6.07, 6.45) is 1.60. The van der Waals surface area contributed by atoms with E-state index < -0.39 is 0 Å². The predicted molar refractivity (Wildman–Crippen MR) is 147 cm³/mol. The summed E-state index contributed by atoms with van der Waals surface area (Å²) < 4.78 is 8.29. The first-order valence-electron chi connectivity index (χ1n) is 12.1. The fraction of sp³-hybridized carbons (Fsp3) is 0.207. The van der Waals surface area contributed by atoms with Gasteiger partial charge in [-0.05, 0) is 49.6 Å². The number of aryl methyl sites for hydroxylation is 2. The minimum Gasteiger partial charge on any atom is -0.495 e. The summed E-state index contributed by atoms with van der Waals surface area (Å²) in [5.74, 6) is 0.143. The Bertz CT molecular complexity index is 1670. The maximum absolute atomic E-state index is 13.7. The second-order valence-electron chi connectivity index (χ2n) is 9.08. The number of aromatic nitrogens is 3. The molecular formula is C29H27ClN4O3. The molecule has 1 atom stereocenters. The lowest BCUT2D eigenvalue weighted by Crippen LogP contribution is -2.35. The molecule has 188 valence electrons. The molecule has 0 aliphatic rings. The summed E-state index contributed by atoms with van der Waals surface area (Å²) in [6.45, 7) is 1.97. The third kappa shape index (κ3) is 4.58. The molecular weight excluding hydrogens is 488 g/mol. The van der Waals surface area contributed by atoms with E-state index in [4.69, 9.17) is 16.3 Å². The number of hydrogen-bond acceptors (Lipinski definition) is 4. The van der Waals surface area contributed by atoms with Crippen molar-refractivity contribution in [2.24, 2.45) is 7.05 Å². The van der Waals surface area contributed by atoms with Crippen molar-refractivity contribution in [1.82, 2.24) is 19.7 Å². The third-order valence-corrected chi connectivity index (χ3v) is 6.92. The maximum atomic E-state index is 13.7. The van der Waals surface area contributed by atoms with Gasteiger partial charge in [-0.25, -0.2) is 0 Å². The van der Waals surface area contributed by atoms with Crippen molar-refractivity contribution >= 4 is 39.3 Å². The van der Waals surface area contributed by atoms with Gasteiger partial charge in [-0.3, -0.25) is 9.59 Å². The molecule has 37 heavy (non-hydrogen) atoms. The Morgan fingerprint density at radius 1 is 1.08 bits per heavy atom. The van der Waals surface area contributed by atoms with E-state index >= 15 is 0 Å². The number of carbonyl (C=O) groups is 1. The van der Waals surface area contributed by atoms with Crippen LogP contribution in [0.3, 0.4) is 0 Å². The number of nitrogens with one attached hydrogen (secondary N) is 1. The zero-order valence-corrected chi connectivity index (χ0v) is 21.6. The van der Waals surface area contributed by atoms with Gasteiger partial charge in [-0.1, -0.05) is 60.1 Å². The topological polar surface area (TPSA) is 78.2 Å². The average molecular weight is 515 g/mol. The molecule has 5 aromatic rings. The van der Waals surface area contributed by atoms with Crippen LogP contribution in [0.5, 0.6) is 5.75 Å². The summed E-state index contributed by atoms with van der Waals surface area (Å²) in [4.78, 5) is 27.4. The molecule has 0 bridgehead atoms. The van der Waals surface area contributed by atoms with Crippen molar-refractivity contribution in [3.05, 3.63) is 99.4 Å². The average Bonchev–Trinajstić information content (AvgIpc) is 3.21. The largest absolute Gasteiger partial charge is 0.495 e. The molecule has 0 aliphatic carbocycles. The Labute approximate surface area is 219 Å². The van der Waals surface area contributed by atoms with Gasteiger partial charge >= 0.3 is 0 Å². The molecule has 0 spiro atoms. The minimum atomic E-state index is -0.344. The Kier molecular flexibility index (Phi) is 6.72. The second-order valence-corrected chi connectivity index (χ2v) is 9.49. The Hall–Kier alpha value is -4.10. The highest BCUT2D eigenvalue weighted by Gasteiger charge is 2.24. The maximum Gasteiger partial charge on any atom is 0.296 e. The lowest BCUT2D eigenvalue weighted by molar-refractivity contribution is 0.0933. The van der Waals surface area contributed by atoms with Gasteiger partial charge in [0.15, 0.2) is 5.69 Å². The van der Waals surface area contributed by atoms with Gasteiger partial charge in [0.1, 0.15) is 11.3 Å². The van der Waals surface area contributed by atoms with Crippen molar-refractivity contribution in [2.75, 3.05) is 7.11 Å². The van der Waals surface area contributed by atoms with Crippen molar-refractivity contribution in [2.45, 2.75) is 25.8 Å². The molecule has 1 N–H and O–H groups in total. The zero-order chi connectivity index (χ0) is 26.1. The smallest absolute Gasteiger partial charge is 0.296 e. The Morgan fingerprint density at radius 2 is 1.81 bits per heavy atom. The summed E-state index contributed by atoms with van der Waals surface area (Å²) in [7, 11) is 3.34. The minimum absolute atomic E-state index is 0.102. The molecule has 0 radical (unpaired) electrons. The van der Waals surface area contributed by atoms with Crippen LogP contribution in [-0.4, -0.2) is 33.4 Å². The van der Waals surface area contributed by atoms with Crippen LogP contribution in [-0.2, 0) is 13.5 Å². The normalized spacial score (nSPS) is 12.1. The van der Waals surface area contributed by atoms with E-state index in [1.165, 1.54) is 17.4 Å². The molecule has 5 rings (SSSR count). The molecule has 3 aromatic carbocycles. The fourth-order valence-electron chi connectivity index (χ4n) is 4.69. The number of amides is 1. The molecule has 2 aromatic heterocycles. The van der Waals surface area contributed by atoms with Gasteiger partial charge < -0.3 is 14.6 Å². The van der Waals surface area contributed by atoms with Crippen molar-refractivity contribution in [1.29, 1.82) is 0 Å². The van der Waals surface area contributed by atoms with Gasteiger partial charge in [-0.15, -0.1) is 0 Å². The lowest BCUT2D eigenvalue weighted by Gasteiger charge is -2.15. The first-order chi connectivity index (χ1) is 17.9. The third-order valence-electron chi connectivity index (χ3n) is 6.62. The van der Waals surface area contributed by atoms with Crippen LogP contribution in [0.2, 0.25) is 5.02 Å². The molecule has 0 unspecified atom stereocenters. The lowest BCUT2D eigenvalue weighted by atomic mass is 10.1. The monoisotopic (exact) mass is 514 g/mol. The van der Waals surface area contributed by atoms with E-state index in [9.17, 15) is 9.59 Å². The molecule has 0 fully saturated rings. The number of rotatable bonds is 7. The number of ether oxygens (including phenoxy) is 1. The number of para-hydroxylation sites is 1. The molecule has 2 heterocycles. The number of nitrogens with zero attached hydrogens (tertiary/aromatic N) is 3. The van der Waals surface area contributed by atoms with E-state index in [0.717, 1.165) is 23.7 Å². The molecule has 1 amide bonds. The van der Waals surface area contributed by atoms with Gasteiger partial charge in [0.25, 0.3) is 11.5 Å². The van der Waals surface area contributed by atoms with E-state index in [0.29, 0.717) is 27.4 Å². The zero-order valence-electron chi connectivity index (χ0n) is 20.9. The second kappa shape index (κ2) is 10.1. The number of hydrogen-bond donors (Lipinski definition) is 1. The molecule has 0 aliphatic heterocycles. The van der Waals surface area contributed by atoms with Crippen LogP contribution in [0.25, 0.3) is 27.5 Å². The van der Waals surface area contributed by atoms with E-state index in [-0.39, 0.29) is 23.2 Å². The van der Waals surface area contributed by atoms with Crippen molar-refractivity contribution in [3.63, 3.8) is 0 Å². The van der Waals surface area contributed by atoms with Crippen LogP contribution in [0, 0.1) is 0 Å². The predicted octanol–water partition coefficient (Wildman–Crippen LogP) is 5.29. The summed E-state index contributed by atoms with van der Waals surface area (Å²) in [6, 6.07) is 22.6. The fourth-order valence-corrected chi connectivity index (χ4v) is 4.94. The van der Waals surface area contributed by atoms with Crippen LogP contribution in [0.15, 0.2) is 77.6 Å². The van der Waals surface area contributed by atoms with Crippen molar-refractivity contribution in [3.8, 4) is 11.4 Å². The van der Waals surface area contributed by atoms with Crippen LogP contribution in [0.1, 0.15) is 29.4 Å². The Balaban J connectivity index is 1.61. The number of fused-ring (bicyclic) bond motifs is 3. The first-order valence-corrected chi connectivity index (χ1v) is 12.5. The molecule has 0 saturated carbocycles. The quantitative estimate of drug-likeness (QED) is 0.320. The molecule has 7 nitrogen and oxygen atoms in total.